The lowest BCUT2D eigenvalue weighted by atomic mass is 10.5. The van der Waals surface area contributed by atoms with E-state index in [9.17, 15) is 4.79 Å². The van der Waals surface area contributed by atoms with E-state index in [4.69, 9.17) is 5.84 Å². The Hall–Kier alpha value is -1.01. The maximum Gasteiger partial charge on any atom is 0.247 e. The van der Waals surface area contributed by atoms with Crippen LogP contribution in [-0.4, -0.2) is 20.9 Å². The average Bonchev–Trinajstić information content (AvgIpc) is 2.49. The Morgan fingerprint density at radius 3 is 3.00 bits per heavy atom. The van der Waals surface area contributed by atoms with Gasteiger partial charge in [-0.1, -0.05) is 0 Å². The highest BCUT2D eigenvalue weighted by atomic mass is 32.2. The SMILES string of the molecule is CC(Sc1cnn(C)c1)C(=O)NN. The fourth-order valence-corrected chi connectivity index (χ4v) is 1.74. The van der Waals surface area contributed by atoms with Crippen LogP contribution in [0.4, 0.5) is 0 Å². The molecular formula is C7H12N4OS. The highest BCUT2D eigenvalue weighted by Crippen LogP contribution is 2.21. The number of nitrogens with zero attached hydrogens (tertiary/aromatic N) is 2. The Labute approximate surface area is 80.6 Å². The fourth-order valence-electron chi connectivity index (χ4n) is 0.835. The summed E-state index contributed by atoms with van der Waals surface area (Å²) in [6, 6.07) is 0. The molecule has 0 aromatic carbocycles. The first-order chi connectivity index (χ1) is 6.13. The number of aromatic nitrogens is 2. The third kappa shape index (κ3) is 2.74. The van der Waals surface area contributed by atoms with Crippen molar-refractivity contribution >= 4 is 17.7 Å². The lowest BCUT2D eigenvalue weighted by molar-refractivity contribution is -0.120. The summed E-state index contributed by atoms with van der Waals surface area (Å²) in [5.74, 6) is 4.81. The highest BCUT2D eigenvalue weighted by molar-refractivity contribution is 8.00. The normalized spacial score (nSPS) is 12.5. The number of thioether (sulfide) groups is 1. The number of nitrogens with one attached hydrogen (secondary N) is 1. The molecule has 1 amide bonds. The zero-order valence-corrected chi connectivity index (χ0v) is 8.34. The molecule has 0 aliphatic carbocycles. The molecule has 0 bridgehead atoms. The van der Waals surface area contributed by atoms with Crippen molar-refractivity contribution in [2.24, 2.45) is 12.9 Å². The van der Waals surface area contributed by atoms with E-state index >= 15 is 0 Å². The van der Waals surface area contributed by atoms with Crippen molar-refractivity contribution in [2.75, 3.05) is 0 Å². The number of carbonyl (C=O) groups is 1. The van der Waals surface area contributed by atoms with Crippen molar-refractivity contribution in [1.29, 1.82) is 0 Å². The molecule has 0 spiro atoms. The standard InChI is InChI=1S/C7H12N4OS/c1-5(7(12)10-8)13-6-3-9-11(2)4-6/h3-5H,8H2,1-2H3,(H,10,12). The molecule has 0 saturated heterocycles. The average molecular weight is 200 g/mol. The first-order valence-corrected chi connectivity index (χ1v) is 4.67. The van der Waals surface area contributed by atoms with Crippen LogP contribution in [0.25, 0.3) is 0 Å². The molecule has 1 atom stereocenters. The molecule has 72 valence electrons. The summed E-state index contributed by atoms with van der Waals surface area (Å²) in [6.07, 6.45) is 3.57. The Kier molecular flexibility index (Phi) is 3.32. The smallest absolute Gasteiger partial charge is 0.247 e. The summed E-state index contributed by atoms with van der Waals surface area (Å²) in [7, 11) is 1.83. The number of amides is 1. The zero-order chi connectivity index (χ0) is 9.84. The number of hydrogen-bond acceptors (Lipinski definition) is 4. The van der Waals surface area contributed by atoms with Crippen LogP contribution in [0.15, 0.2) is 17.3 Å². The van der Waals surface area contributed by atoms with Gasteiger partial charge < -0.3 is 0 Å². The summed E-state index contributed by atoms with van der Waals surface area (Å²) in [6.45, 7) is 1.79. The van der Waals surface area contributed by atoms with Crippen LogP contribution in [0.3, 0.4) is 0 Å². The summed E-state index contributed by atoms with van der Waals surface area (Å²) in [4.78, 5) is 12.0. The highest BCUT2D eigenvalue weighted by Gasteiger charge is 2.13. The molecule has 0 radical (unpaired) electrons. The van der Waals surface area contributed by atoms with Gasteiger partial charge in [0.15, 0.2) is 0 Å². The Morgan fingerprint density at radius 2 is 2.54 bits per heavy atom. The first kappa shape index (κ1) is 10.1. The molecular weight excluding hydrogens is 188 g/mol. The van der Waals surface area contributed by atoms with E-state index in [2.05, 4.69) is 10.5 Å². The van der Waals surface area contributed by atoms with Gasteiger partial charge in [0.1, 0.15) is 0 Å². The first-order valence-electron chi connectivity index (χ1n) is 3.79. The monoisotopic (exact) mass is 200 g/mol. The maximum absolute atomic E-state index is 11.0. The summed E-state index contributed by atoms with van der Waals surface area (Å²) in [5.41, 5.74) is 2.10. The van der Waals surface area contributed by atoms with Gasteiger partial charge >= 0.3 is 0 Å². The molecule has 0 saturated carbocycles. The Balaban J connectivity index is 2.54. The van der Waals surface area contributed by atoms with Crippen molar-refractivity contribution < 1.29 is 4.79 Å². The maximum atomic E-state index is 11.0. The van der Waals surface area contributed by atoms with E-state index in [1.165, 1.54) is 11.8 Å². The van der Waals surface area contributed by atoms with Crippen LogP contribution < -0.4 is 11.3 Å². The van der Waals surface area contributed by atoms with Crippen LogP contribution >= 0.6 is 11.8 Å². The topological polar surface area (TPSA) is 72.9 Å². The van der Waals surface area contributed by atoms with Crippen LogP contribution in [0, 0.1) is 0 Å². The molecule has 1 heterocycles. The van der Waals surface area contributed by atoms with E-state index in [0.717, 1.165) is 4.90 Å². The molecule has 0 aliphatic heterocycles. The van der Waals surface area contributed by atoms with Crippen molar-refractivity contribution in [3.63, 3.8) is 0 Å². The second kappa shape index (κ2) is 4.29. The summed E-state index contributed by atoms with van der Waals surface area (Å²) >= 11 is 1.42. The van der Waals surface area contributed by atoms with Gasteiger partial charge in [-0.25, -0.2) is 5.84 Å². The third-order valence-corrected chi connectivity index (χ3v) is 2.56. The van der Waals surface area contributed by atoms with E-state index in [0.29, 0.717) is 0 Å². The largest absolute Gasteiger partial charge is 0.293 e. The number of aryl methyl sites for hydroxylation is 1. The van der Waals surface area contributed by atoms with Crippen LogP contribution in [0.2, 0.25) is 0 Å². The van der Waals surface area contributed by atoms with Gasteiger partial charge in [0.25, 0.3) is 0 Å². The third-order valence-electron chi connectivity index (χ3n) is 1.51. The predicted molar refractivity (Wildman–Crippen MR) is 50.9 cm³/mol. The minimum absolute atomic E-state index is 0.186. The number of nitrogens with two attached hydrogens (primary N) is 1. The van der Waals surface area contributed by atoms with Crippen LogP contribution in [0.5, 0.6) is 0 Å². The molecule has 1 rings (SSSR count). The van der Waals surface area contributed by atoms with Crippen molar-refractivity contribution in [3.8, 4) is 0 Å². The van der Waals surface area contributed by atoms with E-state index in [1.54, 1.807) is 17.8 Å². The summed E-state index contributed by atoms with van der Waals surface area (Å²) < 4.78 is 1.69. The number of hydrogen-bond donors (Lipinski definition) is 2. The lowest BCUT2D eigenvalue weighted by Gasteiger charge is -2.06. The number of rotatable bonds is 3. The van der Waals surface area contributed by atoms with Gasteiger partial charge in [-0.2, -0.15) is 5.10 Å². The molecule has 3 N–H and O–H groups in total. The minimum Gasteiger partial charge on any atom is -0.293 e. The molecule has 1 unspecified atom stereocenters. The molecule has 13 heavy (non-hydrogen) atoms. The van der Waals surface area contributed by atoms with Crippen LogP contribution in [0.1, 0.15) is 6.92 Å². The van der Waals surface area contributed by atoms with Gasteiger partial charge in [-0.05, 0) is 6.92 Å². The molecule has 0 fully saturated rings. The Bertz CT molecular complexity index is 298. The molecule has 1 aromatic heterocycles. The quantitative estimate of drug-likeness (QED) is 0.309. The van der Waals surface area contributed by atoms with Gasteiger partial charge in [-0.15, -0.1) is 11.8 Å². The number of carbonyl (C=O) groups excluding carboxylic acids is 1. The molecule has 0 aliphatic rings. The van der Waals surface area contributed by atoms with Crippen molar-refractivity contribution in [1.82, 2.24) is 15.2 Å². The van der Waals surface area contributed by atoms with E-state index < -0.39 is 0 Å². The molecule has 5 nitrogen and oxygen atoms in total. The molecule has 6 heteroatoms. The van der Waals surface area contributed by atoms with E-state index in [1.807, 2.05) is 13.2 Å². The Morgan fingerprint density at radius 1 is 1.85 bits per heavy atom. The lowest BCUT2D eigenvalue weighted by Crippen LogP contribution is -2.36. The van der Waals surface area contributed by atoms with Gasteiger partial charge in [-0.3, -0.25) is 14.9 Å². The fraction of sp³-hybridized carbons (Fsp3) is 0.429. The number of hydrazine groups is 1. The van der Waals surface area contributed by atoms with Crippen LogP contribution in [-0.2, 0) is 11.8 Å². The van der Waals surface area contributed by atoms with Gasteiger partial charge in [0.05, 0.1) is 11.4 Å². The van der Waals surface area contributed by atoms with Crippen molar-refractivity contribution in [2.45, 2.75) is 17.1 Å². The second-order valence-electron chi connectivity index (χ2n) is 2.62. The second-order valence-corrected chi connectivity index (χ2v) is 4.03. The van der Waals surface area contributed by atoms with Crippen molar-refractivity contribution in [3.05, 3.63) is 12.4 Å². The zero-order valence-electron chi connectivity index (χ0n) is 7.52. The van der Waals surface area contributed by atoms with Gasteiger partial charge in [0.2, 0.25) is 5.91 Å². The molecule has 1 aromatic rings. The minimum atomic E-state index is -0.200. The van der Waals surface area contributed by atoms with E-state index in [-0.39, 0.29) is 11.2 Å². The summed E-state index contributed by atoms with van der Waals surface area (Å²) in [5, 5.41) is 3.79. The predicted octanol–water partition coefficient (Wildman–Crippen LogP) is -0.109. The van der Waals surface area contributed by atoms with Gasteiger partial charge in [0, 0.05) is 18.1 Å².